The van der Waals surface area contributed by atoms with Gasteiger partial charge in [0, 0.05) is 12.6 Å². The number of carbonyl (C=O) groups is 1. The number of nitrogens with two attached hydrogens (primary N) is 1. The van der Waals surface area contributed by atoms with Crippen molar-refractivity contribution in [1.82, 2.24) is 10.2 Å². The van der Waals surface area contributed by atoms with Gasteiger partial charge in [-0.05, 0) is 39.3 Å². The van der Waals surface area contributed by atoms with E-state index >= 15 is 0 Å². The summed E-state index contributed by atoms with van der Waals surface area (Å²) in [5.74, 6) is 0.680. The number of rotatable bonds is 5. The zero-order valence-corrected chi connectivity index (χ0v) is 10.5. The molecule has 0 radical (unpaired) electrons. The molecule has 94 valence electrons. The number of hydrogen-bond acceptors (Lipinski definition) is 3. The van der Waals surface area contributed by atoms with Gasteiger partial charge in [-0.2, -0.15) is 0 Å². The van der Waals surface area contributed by atoms with Crippen molar-refractivity contribution in [2.45, 2.75) is 38.6 Å². The van der Waals surface area contributed by atoms with Crippen molar-refractivity contribution in [3.05, 3.63) is 0 Å². The molecule has 1 aliphatic carbocycles. The van der Waals surface area contributed by atoms with Gasteiger partial charge >= 0.3 is 0 Å². The van der Waals surface area contributed by atoms with Crippen LogP contribution in [0.25, 0.3) is 0 Å². The van der Waals surface area contributed by atoms with Crippen molar-refractivity contribution < 1.29 is 4.79 Å². The molecule has 1 fully saturated rings. The van der Waals surface area contributed by atoms with Crippen LogP contribution in [-0.4, -0.2) is 43.5 Å². The van der Waals surface area contributed by atoms with Gasteiger partial charge in [0.25, 0.3) is 0 Å². The smallest absolute Gasteiger partial charge is 0.234 e. The number of hydrogen-bond donors (Lipinski definition) is 2. The first-order valence-electron chi connectivity index (χ1n) is 6.36. The molecule has 16 heavy (non-hydrogen) atoms. The summed E-state index contributed by atoms with van der Waals surface area (Å²) in [4.78, 5) is 13.7. The van der Waals surface area contributed by atoms with Crippen LogP contribution in [0.5, 0.6) is 0 Å². The molecule has 0 spiro atoms. The Morgan fingerprint density at radius 3 is 2.75 bits per heavy atom. The van der Waals surface area contributed by atoms with Crippen molar-refractivity contribution in [2.75, 3.05) is 26.7 Å². The number of nitrogens with one attached hydrogen (secondary N) is 1. The van der Waals surface area contributed by atoms with Gasteiger partial charge in [-0.3, -0.25) is 9.69 Å². The molecular formula is C12H25N3O. The standard InChI is InChI=1S/C12H25N3O/c1-3-14-12(16)9-15(2)11-7-5-4-6-10(11)8-13/h10-11H,3-9,13H2,1-2H3,(H,14,16). The second-order valence-electron chi connectivity index (χ2n) is 4.72. The second-order valence-corrected chi connectivity index (χ2v) is 4.72. The Balaban J connectivity index is 2.43. The summed E-state index contributed by atoms with van der Waals surface area (Å²) in [5, 5.41) is 2.84. The van der Waals surface area contributed by atoms with Gasteiger partial charge < -0.3 is 11.1 Å². The van der Waals surface area contributed by atoms with Crippen molar-refractivity contribution in [3.63, 3.8) is 0 Å². The monoisotopic (exact) mass is 227 g/mol. The van der Waals surface area contributed by atoms with Crippen LogP contribution in [0.4, 0.5) is 0 Å². The number of likely N-dealkylation sites (N-methyl/N-ethyl adjacent to an activating group) is 2. The van der Waals surface area contributed by atoms with Crippen molar-refractivity contribution in [3.8, 4) is 0 Å². The Hall–Kier alpha value is -0.610. The van der Waals surface area contributed by atoms with Crippen molar-refractivity contribution in [1.29, 1.82) is 0 Å². The summed E-state index contributed by atoms with van der Waals surface area (Å²) in [6.45, 7) is 3.89. The van der Waals surface area contributed by atoms with Crippen LogP contribution in [0.15, 0.2) is 0 Å². The molecule has 2 atom stereocenters. The first-order valence-corrected chi connectivity index (χ1v) is 6.36. The summed E-state index contributed by atoms with van der Waals surface area (Å²) in [6.07, 6.45) is 4.94. The Kier molecular flexibility index (Phi) is 5.77. The second kappa shape index (κ2) is 6.86. The van der Waals surface area contributed by atoms with Crippen LogP contribution in [0.3, 0.4) is 0 Å². The summed E-state index contributed by atoms with van der Waals surface area (Å²) in [6, 6.07) is 0.487. The van der Waals surface area contributed by atoms with E-state index in [0.29, 0.717) is 25.0 Å². The van der Waals surface area contributed by atoms with Crippen LogP contribution >= 0.6 is 0 Å². The summed E-state index contributed by atoms with van der Waals surface area (Å²) in [7, 11) is 2.04. The Morgan fingerprint density at radius 2 is 2.12 bits per heavy atom. The summed E-state index contributed by atoms with van der Waals surface area (Å²) in [5.41, 5.74) is 5.79. The topological polar surface area (TPSA) is 58.4 Å². The fourth-order valence-electron chi connectivity index (χ4n) is 2.64. The van der Waals surface area contributed by atoms with E-state index in [1.165, 1.54) is 25.7 Å². The minimum absolute atomic E-state index is 0.117. The van der Waals surface area contributed by atoms with Gasteiger partial charge in [0.1, 0.15) is 0 Å². The van der Waals surface area contributed by atoms with Gasteiger partial charge in [-0.15, -0.1) is 0 Å². The third-order valence-corrected chi connectivity index (χ3v) is 3.50. The molecule has 1 saturated carbocycles. The van der Waals surface area contributed by atoms with Gasteiger partial charge in [0.2, 0.25) is 5.91 Å². The Labute approximate surface area is 98.6 Å². The molecule has 0 aromatic rings. The molecule has 0 aromatic carbocycles. The molecule has 0 bridgehead atoms. The highest BCUT2D eigenvalue weighted by Gasteiger charge is 2.27. The maximum absolute atomic E-state index is 11.5. The molecule has 1 aliphatic rings. The maximum atomic E-state index is 11.5. The molecule has 2 unspecified atom stereocenters. The molecule has 0 heterocycles. The summed E-state index contributed by atoms with van der Waals surface area (Å²) < 4.78 is 0. The minimum Gasteiger partial charge on any atom is -0.355 e. The lowest BCUT2D eigenvalue weighted by atomic mass is 9.84. The van der Waals surface area contributed by atoms with E-state index in [0.717, 1.165) is 6.54 Å². The molecular weight excluding hydrogens is 202 g/mol. The lowest BCUT2D eigenvalue weighted by Gasteiger charge is -2.37. The molecule has 1 rings (SSSR count). The van der Waals surface area contributed by atoms with Gasteiger partial charge in [0.05, 0.1) is 6.54 Å². The largest absolute Gasteiger partial charge is 0.355 e. The SMILES string of the molecule is CCNC(=O)CN(C)C1CCCCC1CN. The maximum Gasteiger partial charge on any atom is 0.234 e. The van der Waals surface area contributed by atoms with Crippen molar-refractivity contribution in [2.24, 2.45) is 11.7 Å². The normalized spacial score (nSPS) is 25.8. The average Bonchev–Trinajstić information content (AvgIpc) is 2.29. The predicted octanol–water partition coefficient (Wildman–Crippen LogP) is 0.572. The van der Waals surface area contributed by atoms with Crippen LogP contribution in [0, 0.1) is 5.92 Å². The fourth-order valence-corrected chi connectivity index (χ4v) is 2.64. The summed E-state index contributed by atoms with van der Waals surface area (Å²) >= 11 is 0. The lowest BCUT2D eigenvalue weighted by molar-refractivity contribution is -0.122. The molecule has 3 N–H and O–H groups in total. The molecule has 0 aliphatic heterocycles. The highest BCUT2D eigenvalue weighted by atomic mass is 16.2. The minimum atomic E-state index is 0.117. The van der Waals surface area contributed by atoms with E-state index in [9.17, 15) is 4.79 Å². The van der Waals surface area contributed by atoms with Crippen LogP contribution in [0.1, 0.15) is 32.6 Å². The predicted molar refractivity (Wildman–Crippen MR) is 66.1 cm³/mol. The number of carbonyl (C=O) groups excluding carboxylic acids is 1. The molecule has 4 nitrogen and oxygen atoms in total. The fraction of sp³-hybridized carbons (Fsp3) is 0.917. The number of amides is 1. The van der Waals surface area contributed by atoms with E-state index in [1.54, 1.807) is 0 Å². The first kappa shape index (κ1) is 13.5. The molecule has 4 heteroatoms. The van der Waals surface area contributed by atoms with Crippen LogP contribution < -0.4 is 11.1 Å². The van der Waals surface area contributed by atoms with Gasteiger partial charge in [-0.25, -0.2) is 0 Å². The van der Waals surface area contributed by atoms with Gasteiger partial charge in [-0.1, -0.05) is 12.8 Å². The van der Waals surface area contributed by atoms with E-state index < -0.39 is 0 Å². The molecule has 0 aromatic heterocycles. The third-order valence-electron chi connectivity index (χ3n) is 3.50. The Morgan fingerprint density at radius 1 is 1.44 bits per heavy atom. The first-order chi connectivity index (χ1) is 7.69. The van der Waals surface area contributed by atoms with Crippen LogP contribution in [-0.2, 0) is 4.79 Å². The van der Waals surface area contributed by atoms with Crippen LogP contribution in [0.2, 0.25) is 0 Å². The highest BCUT2D eigenvalue weighted by molar-refractivity contribution is 5.77. The van der Waals surface area contributed by atoms with E-state index in [2.05, 4.69) is 10.2 Å². The van der Waals surface area contributed by atoms with E-state index in [-0.39, 0.29) is 5.91 Å². The average molecular weight is 227 g/mol. The third kappa shape index (κ3) is 3.76. The van der Waals surface area contributed by atoms with E-state index in [4.69, 9.17) is 5.73 Å². The lowest BCUT2D eigenvalue weighted by Crippen LogP contribution is -2.47. The number of nitrogens with zero attached hydrogens (tertiary/aromatic N) is 1. The van der Waals surface area contributed by atoms with Gasteiger partial charge in [0.15, 0.2) is 0 Å². The zero-order valence-electron chi connectivity index (χ0n) is 10.5. The van der Waals surface area contributed by atoms with E-state index in [1.807, 2.05) is 14.0 Å². The highest BCUT2D eigenvalue weighted by Crippen LogP contribution is 2.26. The quantitative estimate of drug-likeness (QED) is 0.722. The zero-order chi connectivity index (χ0) is 12.0. The molecule has 1 amide bonds. The van der Waals surface area contributed by atoms with Crippen molar-refractivity contribution >= 4 is 5.91 Å². The Bertz CT molecular complexity index is 220. The molecule has 0 saturated heterocycles.